The average Bonchev–Trinajstić information content (AvgIpc) is 2.86. The van der Waals surface area contributed by atoms with Gasteiger partial charge in [0.15, 0.2) is 18.2 Å². The van der Waals surface area contributed by atoms with Crippen LogP contribution in [0.4, 0.5) is 14.5 Å². The van der Waals surface area contributed by atoms with Gasteiger partial charge in [-0.2, -0.15) is 0 Å². The normalized spacial score (nSPS) is 12.8. The van der Waals surface area contributed by atoms with Crippen LogP contribution < -0.4 is 5.32 Å². The Labute approximate surface area is 151 Å². The number of nitrogens with one attached hydrogen (secondary N) is 1. The van der Waals surface area contributed by atoms with Crippen molar-refractivity contribution in [3.05, 3.63) is 64.7 Å². The maximum Gasteiger partial charge on any atom is 0.338 e. The van der Waals surface area contributed by atoms with Gasteiger partial charge in [-0.05, 0) is 30.3 Å². The van der Waals surface area contributed by atoms with Crippen LogP contribution in [0.1, 0.15) is 31.1 Å². The number of carbonyl (C=O) groups excluding carboxylic acids is 4. The fourth-order valence-corrected chi connectivity index (χ4v) is 2.47. The third-order valence-electron chi connectivity index (χ3n) is 3.86. The Morgan fingerprint density at radius 3 is 2.41 bits per heavy atom. The molecule has 9 heteroatoms. The van der Waals surface area contributed by atoms with E-state index in [2.05, 4.69) is 5.32 Å². The topological polar surface area (TPSA) is 92.8 Å². The van der Waals surface area contributed by atoms with E-state index in [4.69, 9.17) is 4.74 Å². The second-order valence-electron chi connectivity index (χ2n) is 5.68. The van der Waals surface area contributed by atoms with Gasteiger partial charge in [0.2, 0.25) is 0 Å². The molecule has 3 rings (SSSR count). The largest absolute Gasteiger partial charge is 0.452 e. The van der Waals surface area contributed by atoms with E-state index in [1.807, 2.05) is 0 Å². The molecular weight excluding hydrogens is 362 g/mol. The minimum atomic E-state index is -1.13. The Hall–Kier alpha value is -3.62. The summed E-state index contributed by atoms with van der Waals surface area (Å²) in [5, 5.41) is 2.25. The second kappa shape index (κ2) is 6.94. The zero-order chi connectivity index (χ0) is 19.7. The number of rotatable bonds is 4. The lowest BCUT2D eigenvalue weighted by Gasteiger charge is -2.07. The maximum absolute atomic E-state index is 13.1. The lowest BCUT2D eigenvalue weighted by atomic mass is 10.1. The van der Waals surface area contributed by atoms with Gasteiger partial charge in [0.1, 0.15) is 0 Å². The van der Waals surface area contributed by atoms with Crippen molar-refractivity contribution in [1.82, 2.24) is 4.90 Å². The molecule has 0 radical (unpaired) electrons. The summed E-state index contributed by atoms with van der Waals surface area (Å²) in [7, 11) is 1.32. The van der Waals surface area contributed by atoms with Gasteiger partial charge >= 0.3 is 5.97 Å². The van der Waals surface area contributed by atoms with Crippen molar-refractivity contribution in [3.8, 4) is 0 Å². The average molecular weight is 374 g/mol. The van der Waals surface area contributed by atoms with E-state index < -0.39 is 41.9 Å². The second-order valence-corrected chi connectivity index (χ2v) is 5.68. The van der Waals surface area contributed by atoms with Gasteiger partial charge in [-0.25, -0.2) is 13.6 Å². The van der Waals surface area contributed by atoms with Crippen molar-refractivity contribution in [1.29, 1.82) is 0 Å². The highest BCUT2D eigenvalue weighted by atomic mass is 19.2. The summed E-state index contributed by atoms with van der Waals surface area (Å²) in [6, 6.07) is 6.63. The van der Waals surface area contributed by atoms with E-state index in [1.165, 1.54) is 25.2 Å². The third kappa shape index (κ3) is 3.52. The van der Waals surface area contributed by atoms with Gasteiger partial charge in [0, 0.05) is 18.8 Å². The van der Waals surface area contributed by atoms with Crippen LogP contribution in [0.5, 0.6) is 0 Å². The monoisotopic (exact) mass is 374 g/mol. The number of nitrogens with zero attached hydrogens (tertiary/aromatic N) is 1. The summed E-state index contributed by atoms with van der Waals surface area (Å²) in [6.07, 6.45) is 0. The van der Waals surface area contributed by atoms with Crippen LogP contribution in [0.2, 0.25) is 0 Å². The van der Waals surface area contributed by atoms with E-state index in [0.29, 0.717) is 0 Å². The predicted molar refractivity (Wildman–Crippen MR) is 88.1 cm³/mol. The van der Waals surface area contributed by atoms with Gasteiger partial charge in [-0.15, -0.1) is 0 Å². The number of halogens is 2. The molecule has 0 saturated carbocycles. The molecule has 0 spiro atoms. The molecule has 1 heterocycles. The molecule has 0 aromatic heterocycles. The van der Waals surface area contributed by atoms with Crippen LogP contribution in [0.3, 0.4) is 0 Å². The van der Waals surface area contributed by atoms with Crippen molar-refractivity contribution < 1.29 is 32.7 Å². The zero-order valence-electron chi connectivity index (χ0n) is 13.9. The molecule has 2 aromatic rings. The van der Waals surface area contributed by atoms with Gasteiger partial charge in [-0.3, -0.25) is 19.3 Å². The van der Waals surface area contributed by atoms with Crippen LogP contribution in [0.15, 0.2) is 36.4 Å². The van der Waals surface area contributed by atoms with E-state index in [-0.39, 0.29) is 22.4 Å². The fraction of sp³-hybridized carbons (Fsp3) is 0.111. The number of hydrogen-bond donors (Lipinski definition) is 1. The first-order chi connectivity index (χ1) is 12.8. The van der Waals surface area contributed by atoms with Gasteiger partial charge < -0.3 is 10.1 Å². The predicted octanol–water partition coefficient (Wildman–Crippen LogP) is 1.99. The molecule has 27 heavy (non-hydrogen) atoms. The maximum atomic E-state index is 13.1. The number of benzene rings is 2. The van der Waals surface area contributed by atoms with Crippen molar-refractivity contribution in [3.63, 3.8) is 0 Å². The minimum Gasteiger partial charge on any atom is -0.452 e. The van der Waals surface area contributed by atoms with E-state index in [1.54, 1.807) is 0 Å². The quantitative estimate of drug-likeness (QED) is 0.653. The molecule has 2 aromatic carbocycles. The van der Waals surface area contributed by atoms with Crippen molar-refractivity contribution >= 4 is 29.4 Å². The number of amides is 3. The van der Waals surface area contributed by atoms with Crippen LogP contribution in [0, 0.1) is 11.6 Å². The van der Waals surface area contributed by atoms with Gasteiger partial charge in [0.05, 0.1) is 16.7 Å². The molecule has 1 aliphatic rings. The lowest BCUT2D eigenvalue weighted by Crippen LogP contribution is -2.24. The number of esters is 1. The molecule has 0 saturated heterocycles. The summed E-state index contributed by atoms with van der Waals surface area (Å²) >= 11 is 0. The molecular formula is C18H12F2N2O5. The Morgan fingerprint density at radius 2 is 1.70 bits per heavy atom. The van der Waals surface area contributed by atoms with E-state index in [0.717, 1.165) is 23.1 Å². The number of ether oxygens (including phenoxy) is 1. The van der Waals surface area contributed by atoms with Crippen molar-refractivity contribution in [2.75, 3.05) is 19.0 Å². The van der Waals surface area contributed by atoms with Crippen LogP contribution in [0.25, 0.3) is 0 Å². The van der Waals surface area contributed by atoms with Crippen LogP contribution >= 0.6 is 0 Å². The Bertz CT molecular complexity index is 990. The minimum absolute atomic E-state index is 0.000346. The highest BCUT2D eigenvalue weighted by molar-refractivity contribution is 6.21. The summed E-state index contributed by atoms with van der Waals surface area (Å²) in [4.78, 5) is 48.5. The first-order valence-corrected chi connectivity index (χ1v) is 7.66. The third-order valence-corrected chi connectivity index (χ3v) is 3.86. The van der Waals surface area contributed by atoms with Crippen LogP contribution in [-0.4, -0.2) is 42.2 Å². The molecule has 0 atom stereocenters. The summed E-state index contributed by atoms with van der Waals surface area (Å²) in [6.45, 7) is -0.679. The standard InChI is InChI=1S/C18H12F2N2O5/c1-22-16(24)11-4-2-9(6-12(11)17(22)25)18(26)27-8-15(23)21-10-3-5-13(19)14(20)7-10/h2-7H,8H2,1H3,(H,21,23). The highest BCUT2D eigenvalue weighted by Gasteiger charge is 2.33. The zero-order valence-corrected chi connectivity index (χ0v) is 13.9. The van der Waals surface area contributed by atoms with E-state index in [9.17, 15) is 28.0 Å². The first kappa shape index (κ1) is 18.2. The molecule has 1 aliphatic heterocycles. The fourth-order valence-electron chi connectivity index (χ4n) is 2.47. The number of fused-ring (bicyclic) bond motifs is 1. The highest BCUT2D eigenvalue weighted by Crippen LogP contribution is 2.23. The Morgan fingerprint density at radius 1 is 1.00 bits per heavy atom. The first-order valence-electron chi connectivity index (χ1n) is 7.66. The number of anilines is 1. The molecule has 0 unspecified atom stereocenters. The summed E-state index contributed by atoms with van der Waals surface area (Å²) in [5.74, 6) is -4.85. The molecule has 3 amide bonds. The summed E-state index contributed by atoms with van der Waals surface area (Å²) in [5.41, 5.74) is 0.240. The van der Waals surface area contributed by atoms with Crippen molar-refractivity contribution in [2.45, 2.75) is 0 Å². The molecule has 1 N–H and O–H groups in total. The van der Waals surface area contributed by atoms with Crippen LogP contribution in [-0.2, 0) is 9.53 Å². The molecule has 138 valence electrons. The number of carbonyl (C=O) groups is 4. The Balaban J connectivity index is 1.63. The van der Waals surface area contributed by atoms with Gasteiger partial charge in [0.25, 0.3) is 17.7 Å². The SMILES string of the molecule is CN1C(=O)c2ccc(C(=O)OCC(=O)Nc3ccc(F)c(F)c3)cc2C1=O. The van der Waals surface area contributed by atoms with Gasteiger partial charge in [-0.1, -0.05) is 0 Å². The lowest BCUT2D eigenvalue weighted by molar-refractivity contribution is -0.119. The Kier molecular flexibility index (Phi) is 4.68. The molecule has 0 aliphatic carbocycles. The van der Waals surface area contributed by atoms with Crippen molar-refractivity contribution in [2.24, 2.45) is 0 Å². The smallest absolute Gasteiger partial charge is 0.338 e. The number of imide groups is 1. The molecule has 0 fully saturated rings. The number of hydrogen-bond acceptors (Lipinski definition) is 5. The summed E-state index contributed by atoms with van der Waals surface area (Å²) < 4.78 is 30.8. The van der Waals surface area contributed by atoms with E-state index >= 15 is 0 Å². The molecule has 0 bridgehead atoms. The molecule has 7 nitrogen and oxygen atoms in total.